The van der Waals surface area contributed by atoms with Crippen molar-refractivity contribution in [2.24, 2.45) is 5.92 Å². The van der Waals surface area contributed by atoms with Gasteiger partial charge in [-0.1, -0.05) is 32.0 Å². The van der Waals surface area contributed by atoms with Crippen LogP contribution in [-0.4, -0.2) is 19.8 Å². The molecule has 19 heavy (non-hydrogen) atoms. The van der Waals surface area contributed by atoms with Gasteiger partial charge in [-0.05, 0) is 49.9 Å². The highest BCUT2D eigenvalue weighted by Crippen LogP contribution is 2.33. The molecule has 0 aromatic heterocycles. The van der Waals surface area contributed by atoms with Gasteiger partial charge in [0, 0.05) is 18.6 Å². The molecule has 0 bridgehead atoms. The summed E-state index contributed by atoms with van der Waals surface area (Å²) >= 11 is 0. The lowest BCUT2D eigenvalue weighted by molar-refractivity contribution is 0.0963. The highest BCUT2D eigenvalue weighted by Gasteiger charge is 2.32. The van der Waals surface area contributed by atoms with Crippen LogP contribution in [0, 0.1) is 5.92 Å². The molecule has 0 spiro atoms. The van der Waals surface area contributed by atoms with Gasteiger partial charge in [-0.3, -0.25) is 0 Å². The summed E-state index contributed by atoms with van der Waals surface area (Å²) in [6.07, 6.45) is 3.75. The van der Waals surface area contributed by atoms with Crippen molar-refractivity contribution in [2.45, 2.75) is 52.2 Å². The first-order valence-electron chi connectivity index (χ1n) is 7.61. The van der Waals surface area contributed by atoms with Crippen LogP contribution in [-0.2, 0) is 17.6 Å². The molecule has 1 saturated heterocycles. The van der Waals surface area contributed by atoms with Gasteiger partial charge in [0.2, 0.25) is 0 Å². The van der Waals surface area contributed by atoms with Crippen LogP contribution in [0.1, 0.15) is 49.9 Å². The minimum absolute atomic E-state index is 0.355. The molecule has 2 rings (SSSR count). The molecular formula is C17H27NO. The predicted molar refractivity (Wildman–Crippen MR) is 80.5 cm³/mol. The van der Waals surface area contributed by atoms with E-state index in [0.29, 0.717) is 18.1 Å². The van der Waals surface area contributed by atoms with Crippen molar-refractivity contribution in [3.63, 3.8) is 0 Å². The number of ether oxygens (including phenoxy) is 1. The van der Waals surface area contributed by atoms with Gasteiger partial charge in [-0.15, -0.1) is 0 Å². The monoisotopic (exact) mass is 261 g/mol. The van der Waals surface area contributed by atoms with E-state index in [4.69, 9.17) is 4.74 Å². The van der Waals surface area contributed by atoms with E-state index in [2.05, 4.69) is 51.3 Å². The van der Waals surface area contributed by atoms with E-state index in [1.165, 1.54) is 16.7 Å². The van der Waals surface area contributed by atoms with E-state index >= 15 is 0 Å². The Morgan fingerprint density at radius 2 is 2.00 bits per heavy atom. The summed E-state index contributed by atoms with van der Waals surface area (Å²) in [6.45, 7) is 7.57. The Balaban J connectivity index is 2.27. The molecule has 1 fully saturated rings. The van der Waals surface area contributed by atoms with Crippen molar-refractivity contribution in [1.82, 2.24) is 5.32 Å². The third-order valence-electron chi connectivity index (χ3n) is 4.53. The number of nitrogens with one attached hydrogen (secondary N) is 1. The van der Waals surface area contributed by atoms with Crippen molar-refractivity contribution in [2.75, 3.05) is 13.7 Å². The lowest BCUT2D eigenvalue weighted by Gasteiger charge is -2.26. The molecule has 1 aliphatic heterocycles. The number of aryl methyl sites for hydroxylation is 2. The minimum atomic E-state index is 0.355. The van der Waals surface area contributed by atoms with Gasteiger partial charge in [-0.25, -0.2) is 0 Å². The van der Waals surface area contributed by atoms with Gasteiger partial charge >= 0.3 is 0 Å². The van der Waals surface area contributed by atoms with Crippen molar-refractivity contribution < 1.29 is 4.74 Å². The standard InChI is InChI=1S/C17H27NO/c1-5-13-7-8-15(11-14(13)6-2)17(18-4)16-9-10-19-12(16)3/h7-8,11-12,16-18H,5-6,9-10H2,1-4H3. The molecule has 1 aromatic carbocycles. The molecular weight excluding hydrogens is 234 g/mol. The second-order valence-corrected chi connectivity index (χ2v) is 5.53. The van der Waals surface area contributed by atoms with E-state index in [1.54, 1.807) is 0 Å². The van der Waals surface area contributed by atoms with Crippen LogP contribution in [0.3, 0.4) is 0 Å². The predicted octanol–water partition coefficient (Wildman–Crippen LogP) is 3.50. The summed E-state index contributed by atoms with van der Waals surface area (Å²) in [5, 5.41) is 3.50. The van der Waals surface area contributed by atoms with Crippen LogP contribution >= 0.6 is 0 Å². The van der Waals surface area contributed by atoms with Crippen molar-refractivity contribution in [3.05, 3.63) is 34.9 Å². The number of benzene rings is 1. The molecule has 0 radical (unpaired) electrons. The van der Waals surface area contributed by atoms with Gasteiger partial charge in [-0.2, -0.15) is 0 Å². The molecule has 0 amide bonds. The van der Waals surface area contributed by atoms with Crippen LogP contribution in [0.15, 0.2) is 18.2 Å². The topological polar surface area (TPSA) is 21.3 Å². The molecule has 2 heteroatoms. The molecule has 0 saturated carbocycles. The third-order valence-corrected chi connectivity index (χ3v) is 4.53. The molecule has 106 valence electrons. The van der Waals surface area contributed by atoms with Gasteiger partial charge < -0.3 is 10.1 Å². The van der Waals surface area contributed by atoms with Crippen LogP contribution in [0.25, 0.3) is 0 Å². The van der Waals surface area contributed by atoms with E-state index in [9.17, 15) is 0 Å². The van der Waals surface area contributed by atoms with Crippen LogP contribution < -0.4 is 5.32 Å². The third kappa shape index (κ3) is 3.01. The van der Waals surface area contributed by atoms with Crippen LogP contribution in [0.2, 0.25) is 0 Å². The van der Waals surface area contributed by atoms with E-state index in [1.807, 2.05) is 0 Å². The molecule has 1 N–H and O–H groups in total. The zero-order valence-corrected chi connectivity index (χ0v) is 12.7. The molecule has 1 aliphatic rings. The average Bonchev–Trinajstić information content (AvgIpc) is 2.86. The van der Waals surface area contributed by atoms with Crippen molar-refractivity contribution in [1.29, 1.82) is 0 Å². The highest BCUT2D eigenvalue weighted by atomic mass is 16.5. The summed E-state index contributed by atoms with van der Waals surface area (Å²) in [5.41, 5.74) is 4.39. The van der Waals surface area contributed by atoms with Crippen molar-refractivity contribution in [3.8, 4) is 0 Å². The molecule has 2 nitrogen and oxygen atoms in total. The largest absolute Gasteiger partial charge is 0.378 e. The van der Waals surface area contributed by atoms with Gasteiger partial charge in [0.1, 0.15) is 0 Å². The summed E-state index contributed by atoms with van der Waals surface area (Å²) in [5.74, 6) is 0.585. The van der Waals surface area contributed by atoms with E-state index in [-0.39, 0.29) is 0 Å². The lowest BCUT2D eigenvalue weighted by atomic mass is 9.86. The summed E-state index contributed by atoms with van der Waals surface area (Å²) in [7, 11) is 2.06. The first-order valence-corrected chi connectivity index (χ1v) is 7.61. The summed E-state index contributed by atoms with van der Waals surface area (Å²) in [6, 6.07) is 7.41. The van der Waals surface area contributed by atoms with Gasteiger partial charge in [0.05, 0.1) is 6.10 Å². The summed E-state index contributed by atoms with van der Waals surface area (Å²) < 4.78 is 5.73. The first-order chi connectivity index (χ1) is 9.21. The minimum Gasteiger partial charge on any atom is -0.378 e. The van der Waals surface area contributed by atoms with Crippen molar-refractivity contribution >= 4 is 0 Å². The quantitative estimate of drug-likeness (QED) is 0.876. The van der Waals surface area contributed by atoms with E-state index in [0.717, 1.165) is 25.9 Å². The smallest absolute Gasteiger partial charge is 0.0594 e. The fraction of sp³-hybridized carbons (Fsp3) is 0.647. The SMILES string of the molecule is CCc1ccc(C(NC)C2CCOC2C)cc1CC. The molecule has 0 aliphatic carbocycles. The zero-order chi connectivity index (χ0) is 13.8. The Kier molecular flexibility index (Phi) is 5.00. The van der Waals surface area contributed by atoms with Gasteiger partial charge in [0.15, 0.2) is 0 Å². The zero-order valence-electron chi connectivity index (χ0n) is 12.7. The van der Waals surface area contributed by atoms with E-state index < -0.39 is 0 Å². The highest BCUT2D eigenvalue weighted by molar-refractivity contribution is 5.34. The fourth-order valence-electron chi connectivity index (χ4n) is 3.33. The number of hydrogen-bond donors (Lipinski definition) is 1. The maximum Gasteiger partial charge on any atom is 0.0594 e. The Morgan fingerprint density at radius 3 is 2.53 bits per heavy atom. The molecule has 3 unspecified atom stereocenters. The maximum atomic E-state index is 5.73. The maximum absolute atomic E-state index is 5.73. The molecule has 3 atom stereocenters. The molecule has 1 heterocycles. The van der Waals surface area contributed by atoms with Crippen LogP contribution in [0.4, 0.5) is 0 Å². The second kappa shape index (κ2) is 6.53. The lowest BCUT2D eigenvalue weighted by Crippen LogP contribution is -2.29. The Hall–Kier alpha value is -0.860. The Labute approximate surface area is 117 Å². The van der Waals surface area contributed by atoms with Crippen LogP contribution in [0.5, 0.6) is 0 Å². The normalized spacial score (nSPS) is 24.6. The second-order valence-electron chi connectivity index (χ2n) is 5.53. The molecule has 1 aromatic rings. The first kappa shape index (κ1) is 14.5. The Morgan fingerprint density at radius 1 is 1.26 bits per heavy atom. The average molecular weight is 261 g/mol. The number of rotatable bonds is 5. The Bertz CT molecular complexity index is 416. The van der Waals surface area contributed by atoms with Gasteiger partial charge in [0.25, 0.3) is 0 Å². The fourth-order valence-corrected chi connectivity index (χ4v) is 3.33. The number of hydrogen-bond acceptors (Lipinski definition) is 2. The summed E-state index contributed by atoms with van der Waals surface area (Å²) in [4.78, 5) is 0.